The standard InChI is InChI=1S/C40H35Br3O9/c1-40(48,24-23-33-9-7-10-36(44)50-33)35(52-39(47)29-15-21-32(43)22-16-29)26-34(51-38(46)28-13-19-31(42)20-14-28)8-5-3-2-4-6-25-49-37(45)27-11-17-30(41)18-12-27/h2-8,10-24,33-35,48H,9,25-26H2,1H3. The van der Waals surface area contributed by atoms with Crippen LogP contribution in [0, 0.1) is 0 Å². The van der Waals surface area contributed by atoms with E-state index in [1.807, 2.05) is 0 Å². The van der Waals surface area contributed by atoms with Gasteiger partial charge in [-0.25, -0.2) is 19.2 Å². The molecule has 0 aliphatic carbocycles. The van der Waals surface area contributed by atoms with Gasteiger partial charge in [0.15, 0.2) is 0 Å². The van der Waals surface area contributed by atoms with Crippen LogP contribution in [0.25, 0.3) is 0 Å². The molecule has 0 bridgehead atoms. The van der Waals surface area contributed by atoms with Crippen molar-refractivity contribution in [2.75, 3.05) is 6.61 Å². The van der Waals surface area contributed by atoms with E-state index < -0.39 is 47.8 Å². The van der Waals surface area contributed by atoms with Crippen LogP contribution >= 0.6 is 47.8 Å². The summed E-state index contributed by atoms with van der Waals surface area (Å²) >= 11 is 10.0. The Morgan fingerprint density at radius 1 is 0.808 bits per heavy atom. The molecular formula is C40H35Br3O9. The van der Waals surface area contributed by atoms with Gasteiger partial charge in [0.1, 0.15) is 30.5 Å². The zero-order chi connectivity index (χ0) is 37.5. The lowest BCUT2D eigenvalue weighted by Gasteiger charge is -2.32. The summed E-state index contributed by atoms with van der Waals surface area (Å²) < 4.78 is 24.7. The van der Waals surface area contributed by atoms with E-state index in [1.165, 1.54) is 25.2 Å². The Kier molecular flexibility index (Phi) is 15.6. The molecule has 0 radical (unpaired) electrons. The monoisotopic (exact) mass is 896 g/mol. The van der Waals surface area contributed by atoms with Gasteiger partial charge in [-0.1, -0.05) is 84.2 Å². The molecule has 0 amide bonds. The molecule has 1 aliphatic heterocycles. The van der Waals surface area contributed by atoms with Crippen LogP contribution < -0.4 is 0 Å². The quantitative estimate of drug-likeness (QED) is 0.0690. The van der Waals surface area contributed by atoms with Crippen LogP contribution in [-0.2, 0) is 23.7 Å². The highest BCUT2D eigenvalue weighted by atomic mass is 79.9. The number of halogens is 3. The summed E-state index contributed by atoms with van der Waals surface area (Å²) in [5, 5.41) is 11.7. The van der Waals surface area contributed by atoms with E-state index in [4.69, 9.17) is 18.9 Å². The second-order valence-electron chi connectivity index (χ2n) is 11.6. The highest BCUT2D eigenvalue weighted by molar-refractivity contribution is 9.11. The fraction of sp³-hybridized carbons (Fsp3) is 0.200. The van der Waals surface area contributed by atoms with Crippen molar-refractivity contribution in [2.24, 2.45) is 0 Å². The summed E-state index contributed by atoms with van der Waals surface area (Å²) in [6.07, 6.45) is 13.3. The van der Waals surface area contributed by atoms with E-state index in [2.05, 4.69) is 47.8 Å². The third-order valence-electron chi connectivity index (χ3n) is 7.49. The van der Waals surface area contributed by atoms with Gasteiger partial charge in [-0.3, -0.25) is 0 Å². The van der Waals surface area contributed by atoms with Gasteiger partial charge in [-0.15, -0.1) is 0 Å². The predicted octanol–water partition coefficient (Wildman–Crippen LogP) is 8.82. The first-order chi connectivity index (χ1) is 24.9. The van der Waals surface area contributed by atoms with Crippen LogP contribution in [0.15, 0.2) is 147 Å². The molecule has 52 heavy (non-hydrogen) atoms. The number of carbonyl (C=O) groups excluding carboxylic acids is 4. The third kappa shape index (κ3) is 13.3. The number of benzene rings is 3. The highest BCUT2D eigenvalue weighted by Crippen LogP contribution is 2.26. The van der Waals surface area contributed by atoms with E-state index >= 15 is 0 Å². The molecule has 3 aromatic carbocycles. The number of hydrogen-bond donors (Lipinski definition) is 1. The van der Waals surface area contributed by atoms with Gasteiger partial charge in [-0.05, 0) is 97.9 Å². The maximum atomic E-state index is 13.3. The Bertz CT molecular complexity index is 1840. The molecule has 12 heteroatoms. The van der Waals surface area contributed by atoms with Crippen molar-refractivity contribution in [1.82, 2.24) is 0 Å². The molecule has 3 aromatic rings. The predicted molar refractivity (Wildman–Crippen MR) is 207 cm³/mol. The van der Waals surface area contributed by atoms with Crippen molar-refractivity contribution in [3.8, 4) is 0 Å². The summed E-state index contributed by atoms with van der Waals surface area (Å²) in [4.78, 5) is 50.5. The molecule has 0 saturated heterocycles. The minimum Gasteiger partial charge on any atom is -0.458 e. The van der Waals surface area contributed by atoms with Gasteiger partial charge in [0.25, 0.3) is 0 Å². The highest BCUT2D eigenvalue weighted by Gasteiger charge is 2.36. The molecule has 0 fully saturated rings. The molecule has 0 aromatic heterocycles. The maximum Gasteiger partial charge on any atom is 0.338 e. The molecular weight excluding hydrogens is 864 g/mol. The lowest BCUT2D eigenvalue weighted by molar-refractivity contribution is -0.141. The van der Waals surface area contributed by atoms with Crippen LogP contribution in [0.4, 0.5) is 0 Å². The Labute approximate surface area is 327 Å². The second kappa shape index (κ2) is 20.0. The average Bonchev–Trinajstić information content (AvgIpc) is 3.12. The van der Waals surface area contributed by atoms with Crippen molar-refractivity contribution < 1.29 is 43.2 Å². The van der Waals surface area contributed by atoms with Crippen molar-refractivity contribution in [1.29, 1.82) is 0 Å². The largest absolute Gasteiger partial charge is 0.458 e. The first-order valence-corrected chi connectivity index (χ1v) is 18.4. The third-order valence-corrected chi connectivity index (χ3v) is 9.08. The van der Waals surface area contributed by atoms with Gasteiger partial charge >= 0.3 is 23.9 Å². The Morgan fingerprint density at radius 2 is 1.33 bits per heavy atom. The second-order valence-corrected chi connectivity index (χ2v) is 14.3. The molecule has 270 valence electrons. The maximum absolute atomic E-state index is 13.3. The summed E-state index contributed by atoms with van der Waals surface area (Å²) in [6, 6.07) is 20.0. The number of hydrogen-bond acceptors (Lipinski definition) is 9. The Hall–Kier alpha value is -4.36. The van der Waals surface area contributed by atoms with Gasteiger partial charge in [0, 0.05) is 32.3 Å². The van der Waals surface area contributed by atoms with Crippen LogP contribution in [0.3, 0.4) is 0 Å². The number of rotatable bonds is 15. The van der Waals surface area contributed by atoms with Crippen molar-refractivity contribution in [3.05, 3.63) is 164 Å². The number of aliphatic hydroxyl groups is 1. The van der Waals surface area contributed by atoms with Crippen LogP contribution in [0.2, 0.25) is 0 Å². The number of esters is 4. The minimum absolute atomic E-state index is 0.0563. The number of cyclic esters (lactones) is 1. The molecule has 1 aliphatic rings. The smallest absolute Gasteiger partial charge is 0.338 e. The first-order valence-electron chi connectivity index (χ1n) is 16.0. The van der Waals surface area contributed by atoms with E-state index in [-0.39, 0.29) is 18.6 Å². The molecule has 0 saturated carbocycles. The summed E-state index contributed by atoms with van der Waals surface area (Å²) in [5.74, 6) is -2.29. The zero-order valence-corrected chi connectivity index (χ0v) is 32.7. The van der Waals surface area contributed by atoms with Crippen molar-refractivity contribution in [3.63, 3.8) is 0 Å². The summed E-state index contributed by atoms with van der Waals surface area (Å²) in [7, 11) is 0. The van der Waals surface area contributed by atoms with Crippen LogP contribution in [-0.4, -0.2) is 59.5 Å². The minimum atomic E-state index is -1.79. The van der Waals surface area contributed by atoms with Crippen molar-refractivity contribution >= 4 is 71.7 Å². The van der Waals surface area contributed by atoms with E-state index in [0.717, 1.165) is 13.4 Å². The normalized spacial score (nSPS) is 16.9. The lowest BCUT2D eigenvalue weighted by atomic mass is 9.92. The number of allylic oxidation sites excluding steroid dienone is 4. The van der Waals surface area contributed by atoms with Crippen molar-refractivity contribution in [2.45, 2.75) is 43.7 Å². The molecule has 4 unspecified atom stereocenters. The lowest BCUT2D eigenvalue weighted by Crippen LogP contribution is -2.43. The van der Waals surface area contributed by atoms with Gasteiger partial charge in [0.2, 0.25) is 0 Å². The molecule has 9 nitrogen and oxygen atoms in total. The molecule has 4 atom stereocenters. The average molecular weight is 899 g/mol. The van der Waals surface area contributed by atoms with E-state index in [0.29, 0.717) is 17.5 Å². The van der Waals surface area contributed by atoms with Gasteiger partial charge < -0.3 is 24.1 Å². The zero-order valence-electron chi connectivity index (χ0n) is 27.9. The Balaban J connectivity index is 1.52. The fourth-order valence-corrected chi connectivity index (χ4v) is 5.46. The summed E-state index contributed by atoms with van der Waals surface area (Å²) in [5.41, 5.74) is -0.819. The SMILES string of the molecule is CC(O)(C=CC1CC=CC(=O)O1)C(CC(C=CC=CC=CCOC(=O)c1ccc(Br)cc1)OC(=O)c1ccc(Br)cc1)OC(=O)c1ccc(Br)cc1. The van der Waals surface area contributed by atoms with E-state index in [1.54, 1.807) is 115 Å². The Morgan fingerprint density at radius 3 is 1.88 bits per heavy atom. The molecule has 1 N–H and O–H groups in total. The van der Waals surface area contributed by atoms with Gasteiger partial charge in [0.05, 0.1) is 16.7 Å². The van der Waals surface area contributed by atoms with Crippen LogP contribution in [0.1, 0.15) is 50.8 Å². The fourth-order valence-electron chi connectivity index (χ4n) is 4.66. The molecule has 0 spiro atoms. The first kappa shape index (κ1) is 40.4. The van der Waals surface area contributed by atoms with Crippen LogP contribution in [0.5, 0.6) is 0 Å². The topological polar surface area (TPSA) is 125 Å². The van der Waals surface area contributed by atoms with E-state index in [9.17, 15) is 24.3 Å². The van der Waals surface area contributed by atoms with Gasteiger partial charge in [-0.2, -0.15) is 0 Å². The number of ether oxygens (including phenoxy) is 4. The molecule has 4 rings (SSSR count). The number of carbonyl (C=O) groups is 4. The molecule has 1 heterocycles. The summed E-state index contributed by atoms with van der Waals surface area (Å²) in [6.45, 7) is 1.51.